The first-order valence-corrected chi connectivity index (χ1v) is 23.3. The van der Waals surface area contributed by atoms with Crippen molar-refractivity contribution in [2.75, 3.05) is 0 Å². The van der Waals surface area contributed by atoms with Gasteiger partial charge in [-0.05, 0) is 5.41 Å². The second-order valence-corrected chi connectivity index (χ2v) is 27.6. The fourth-order valence-corrected chi connectivity index (χ4v) is 10.6. The molecular formula is C38H46GeNS+. The first kappa shape index (κ1) is 28.8. The third-order valence-electron chi connectivity index (χ3n) is 8.65. The summed E-state index contributed by atoms with van der Waals surface area (Å²) in [7, 11) is 2.24. The van der Waals surface area contributed by atoms with Crippen molar-refractivity contribution in [3.05, 3.63) is 71.4 Å². The predicted octanol–water partition coefficient (Wildman–Crippen LogP) is 10.1. The van der Waals surface area contributed by atoms with E-state index in [0.29, 0.717) is 0 Å². The summed E-state index contributed by atoms with van der Waals surface area (Å²) in [5.41, 5.74) is 7.64. The van der Waals surface area contributed by atoms with Crippen LogP contribution in [0.15, 0.2) is 64.5 Å². The number of pyridine rings is 1. The normalized spacial score (nSPS) is 13.8. The van der Waals surface area contributed by atoms with Crippen LogP contribution in [-0.4, -0.2) is 13.3 Å². The molecule has 212 valence electrons. The van der Waals surface area contributed by atoms with Crippen LogP contribution in [0.4, 0.5) is 0 Å². The van der Waals surface area contributed by atoms with Crippen LogP contribution >= 0.6 is 11.8 Å². The Morgan fingerprint density at radius 2 is 1.46 bits per heavy atom. The molecule has 1 aromatic heterocycles. The minimum absolute atomic E-state index is 0.188. The van der Waals surface area contributed by atoms with Gasteiger partial charge >= 0.3 is 229 Å². The molecule has 0 spiro atoms. The minimum atomic E-state index is -1.97. The van der Waals surface area contributed by atoms with E-state index in [0.717, 1.165) is 12.8 Å². The van der Waals surface area contributed by atoms with Crippen LogP contribution in [0.1, 0.15) is 58.2 Å². The molecule has 0 aliphatic carbocycles. The van der Waals surface area contributed by atoms with Crippen LogP contribution < -0.4 is 8.96 Å². The van der Waals surface area contributed by atoms with Crippen molar-refractivity contribution >= 4 is 61.7 Å². The van der Waals surface area contributed by atoms with Crippen molar-refractivity contribution in [2.24, 2.45) is 17.9 Å². The number of benzene rings is 4. The van der Waals surface area contributed by atoms with E-state index in [4.69, 9.17) is 0 Å². The molecule has 1 aliphatic heterocycles. The van der Waals surface area contributed by atoms with Crippen LogP contribution in [0.5, 0.6) is 0 Å². The molecule has 6 rings (SSSR count). The molecule has 0 saturated heterocycles. The molecule has 1 aliphatic rings. The first-order chi connectivity index (χ1) is 19.0. The van der Waals surface area contributed by atoms with Crippen molar-refractivity contribution in [3.8, 4) is 11.3 Å². The molecule has 41 heavy (non-hydrogen) atoms. The van der Waals surface area contributed by atoms with E-state index in [-0.39, 0.29) is 10.8 Å². The SMILES string of the molecule is Cc1c2c(c(CC(C)(C)C)c3ccc(CC(C)(C)C)cc13)Sc1cc3cc[c]([Ge]([CH3])([CH3])[CH3])cc3c3cc[n+](C)c-2c13. The average molecular weight is 621 g/mol. The van der Waals surface area contributed by atoms with E-state index >= 15 is 0 Å². The molecule has 4 aromatic carbocycles. The molecule has 1 nitrogen and oxygen atoms in total. The second-order valence-electron chi connectivity index (χ2n) is 15.9. The van der Waals surface area contributed by atoms with Crippen molar-refractivity contribution < 1.29 is 4.57 Å². The molecule has 0 unspecified atom stereocenters. The van der Waals surface area contributed by atoms with Crippen LogP contribution in [0.2, 0.25) is 17.3 Å². The van der Waals surface area contributed by atoms with Gasteiger partial charge in [-0.25, -0.2) is 0 Å². The van der Waals surface area contributed by atoms with Gasteiger partial charge in [0.25, 0.3) is 0 Å². The third kappa shape index (κ3) is 5.14. The van der Waals surface area contributed by atoms with Gasteiger partial charge in [-0.3, -0.25) is 0 Å². The summed E-state index contributed by atoms with van der Waals surface area (Å²) >= 11 is 0.0458. The maximum absolute atomic E-state index is 2.52. The Labute approximate surface area is 254 Å². The van der Waals surface area contributed by atoms with Crippen LogP contribution in [0.3, 0.4) is 0 Å². The van der Waals surface area contributed by atoms with Gasteiger partial charge in [-0.1, -0.05) is 20.8 Å². The molecule has 0 fully saturated rings. The summed E-state index contributed by atoms with van der Waals surface area (Å²) < 4.78 is 3.97. The number of aromatic nitrogens is 1. The zero-order valence-electron chi connectivity index (χ0n) is 27.0. The molecule has 0 amide bonds. The van der Waals surface area contributed by atoms with Crippen LogP contribution in [0, 0.1) is 17.8 Å². The molecular weight excluding hydrogens is 575 g/mol. The first-order valence-electron chi connectivity index (χ1n) is 15.2. The molecule has 0 N–H and O–H groups in total. The van der Waals surface area contributed by atoms with Gasteiger partial charge in [0.15, 0.2) is 0 Å². The third-order valence-corrected chi connectivity index (χ3v) is 14.1. The Hall–Kier alpha value is -2.30. The number of nitrogens with zero attached hydrogens (tertiary/aromatic N) is 1. The standard InChI is InChI=1S/C38H46GeNS/c1-23-29-18-24(21-37(2,3)4)12-15-27(29)31(22-38(5,6)7)36-33(23)35-34-28(16-17-40(35)11)30-20-26(39(8,9)10)14-13-25(30)19-32(34)41-36/h12-20H,21-22H2,1-11H3/q+1. The van der Waals surface area contributed by atoms with Gasteiger partial charge in [0.1, 0.15) is 0 Å². The number of hydrogen-bond donors (Lipinski definition) is 0. The summed E-state index contributed by atoms with van der Waals surface area (Å²) in [6.45, 7) is 16.5. The number of rotatable bonds is 3. The van der Waals surface area contributed by atoms with Gasteiger partial charge in [-0.2, -0.15) is 0 Å². The molecule has 0 atom stereocenters. The zero-order valence-corrected chi connectivity index (χ0v) is 29.9. The summed E-state index contributed by atoms with van der Waals surface area (Å²) in [6, 6.07) is 19.5. The Morgan fingerprint density at radius 1 is 0.756 bits per heavy atom. The predicted molar refractivity (Wildman–Crippen MR) is 184 cm³/mol. The molecule has 0 bridgehead atoms. The van der Waals surface area contributed by atoms with E-state index in [1.54, 1.807) is 4.40 Å². The van der Waals surface area contributed by atoms with E-state index < -0.39 is 13.3 Å². The van der Waals surface area contributed by atoms with Gasteiger partial charge in [0, 0.05) is 0 Å². The van der Waals surface area contributed by atoms with E-state index in [2.05, 4.69) is 132 Å². The van der Waals surface area contributed by atoms with Crippen molar-refractivity contribution in [1.29, 1.82) is 0 Å². The van der Waals surface area contributed by atoms with E-state index in [1.165, 1.54) is 70.1 Å². The molecule has 2 heterocycles. The monoisotopic (exact) mass is 622 g/mol. The number of hydrogen-bond acceptors (Lipinski definition) is 1. The number of fused-ring (bicyclic) bond motifs is 5. The molecule has 0 saturated carbocycles. The second kappa shape index (κ2) is 9.61. The van der Waals surface area contributed by atoms with Crippen molar-refractivity contribution in [2.45, 2.75) is 88.4 Å². The van der Waals surface area contributed by atoms with Crippen molar-refractivity contribution in [3.63, 3.8) is 0 Å². The van der Waals surface area contributed by atoms with Gasteiger partial charge in [-0.15, -0.1) is 0 Å². The van der Waals surface area contributed by atoms with Gasteiger partial charge < -0.3 is 0 Å². The molecule has 5 aromatic rings. The average Bonchev–Trinajstić information content (AvgIpc) is 2.85. The number of aryl methyl sites for hydroxylation is 2. The Morgan fingerprint density at radius 3 is 2.12 bits per heavy atom. The topological polar surface area (TPSA) is 3.88 Å². The van der Waals surface area contributed by atoms with E-state index in [1.807, 2.05) is 11.8 Å². The quantitative estimate of drug-likeness (QED) is 0.108. The summed E-state index contributed by atoms with van der Waals surface area (Å²) in [5, 5.41) is 8.45. The summed E-state index contributed by atoms with van der Waals surface area (Å²) in [6.07, 6.45) is 4.44. The fraction of sp³-hybridized carbons (Fsp3) is 0.395. The zero-order chi connectivity index (χ0) is 29.6. The summed E-state index contributed by atoms with van der Waals surface area (Å²) in [4.78, 5) is 2.86. The van der Waals surface area contributed by atoms with Crippen LogP contribution in [-0.2, 0) is 19.9 Å². The fourth-order valence-electron chi connectivity index (χ4n) is 6.78. The van der Waals surface area contributed by atoms with Crippen molar-refractivity contribution in [1.82, 2.24) is 0 Å². The molecule has 3 heteroatoms. The van der Waals surface area contributed by atoms with E-state index in [9.17, 15) is 0 Å². The Kier molecular flexibility index (Phi) is 6.75. The summed E-state index contributed by atoms with van der Waals surface area (Å²) in [5.74, 6) is 7.49. The van der Waals surface area contributed by atoms with Gasteiger partial charge in [0.2, 0.25) is 0 Å². The molecule has 0 radical (unpaired) electrons. The van der Waals surface area contributed by atoms with Gasteiger partial charge in [0.05, 0.1) is 0 Å². The van der Waals surface area contributed by atoms with Crippen LogP contribution in [0.25, 0.3) is 43.6 Å². The Balaban J connectivity index is 1.73. The maximum atomic E-state index is 2.52. The Bertz CT molecular complexity index is 1880.